The molecule has 2 rings (SSSR count). The third-order valence-corrected chi connectivity index (χ3v) is 3.82. The summed E-state index contributed by atoms with van der Waals surface area (Å²) in [6.45, 7) is 0.740. The van der Waals surface area contributed by atoms with Crippen molar-refractivity contribution >= 4 is 34.5 Å². The highest BCUT2D eigenvalue weighted by molar-refractivity contribution is 7.09. The second-order valence-corrected chi connectivity index (χ2v) is 5.55. The van der Waals surface area contributed by atoms with Gasteiger partial charge in [-0.2, -0.15) is 0 Å². The largest absolute Gasteiger partial charge is 0.409 e. The lowest BCUT2D eigenvalue weighted by molar-refractivity contribution is 0.318. The highest BCUT2D eigenvalue weighted by atomic mass is 35.5. The second kappa shape index (κ2) is 5.95. The molecule has 1 aromatic carbocycles. The Kier molecular flexibility index (Phi) is 4.29. The van der Waals surface area contributed by atoms with Crippen molar-refractivity contribution in [3.05, 3.63) is 51.2 Å². The Morgan fingerprint density at radius 1 is 1.47 bits per heavy atom. The zero-order valence-electron chi connectivity index (χ0n) is 10.4. The average molecular weight is 296 g/mol. The number of oxime groups is 1. The van der Waals surface area contributed by atoms with Crippen LogP contribution in [0, 0.1) is 0 Å². The molecule has 0 aliphatic heterocycles. The van der Waals surface area contributed by atoms with Crippen molar-refractivity contribution in [2.24, 2.45) is 10.9 Å². The molecule has 0 atom stereocenters. The zero-order chi connectivity index (χ0) is 13.8. The Morgan fingerprint density at radius 3 is 2.89 bits per heavy atom. The lowest BCUT2D eigenvalue weighted by Gasteiger charge is -2.21. The minimum atomic E-state index is 0.0738. The summed E-state index contributed by atoms with van der Waals surface area (Å²) in [6.07, 6.45) is 0. The Hall–Kier alpha value is -1.72. The number of hydrogen-bond donors (Lipinski definition) is 2. The standard InChI is InChI=1S/C13H14ClN3OS/c1-17(8-10-3-2-6-19-10)12-7-9(14)4-5-11(12)13(15)16-18/h2-7,18H,8H2,1H3,(H2,15,16). The molecule has 0 spiro atoms. The molecule has 2 aromatic rings. The minimum absolute atomic E-state index is 0.0738. The lowest BCUT2D eigenvalue weighted by atomic mass is 10.1. The van der Waals surface area contributed by atoms with E-state index in [1.165, 1.54) is 4.88 Å². The van der Waals surface area contributed by atoms with Crippen LogP contribution in [0.5, 0.6) is 0 Å². The monoisotopic (exact) mass is 295 g/mol. The number of hydrogen-bond acceptors (Lipinski definition) is 4. The predicted octanol–water partition coefficient (Wildman–Crippen LogP) is 3.13. The van der Waals surface area contributed by atoms with E-state index in [0.29, 0.717) is 10.6 Å². The SMILES string of the molecule is CN(Cc1cccs1)c1cc(Cl)ccc1C(N)=NO. The van der Waals surface area contributed by atoms with Gasteiger partial charge >= 0.3 is 0 Å². The van der Waals surface area contributed by atoms with E-state index >= 15 is 0 Å². The van der Waals surface area contributed by atoms with E-state index in [-0.39, 0.29) is 5.84 Å². The van der Waals surface area contributed by atoms with Crippen LogP contribution < -0.4 is 10.6 Å². The summed E-state index contributed by atoms with van der Waals surface area (Å²) < 4.78 is 0. The van der Waals surface area contributed by atoms with Crippen LogP contribution in [0.25, 0.3) is 0 Å². The number of halogens is 1. The van der Waals surface area contributed by atoms with Gasteiger partial charge in [-0.15, -0.1) is 11.3 Å². The molecule has 3 N–H and O–H groups in total. The molecule has 0 aliphatic rings. The Labute approximate surface area is 120 Å². The molecule has 100 valence electrons. The van der Waals surface area contributed by atoms with Gasteiger partial charge in [-0.05, 0) is 29.6 Å². The van der Waals surface area contributed by atoms with Crippen LogP contribution in [0.15, 0.2) is 40.9 Å². The van der Waals surface area contributed by atoms with Gasteiger partial charge in [0.15, 0.2) is 5.84 Å². The van der Waals surface area contributed by atoms with Crippen LogP contribution in [0.1, 0.15) is 10.4 Å². The fourth-order valence-electron chi connectivity index (χ4n) is 1.81. The molecule has 0 saturated heterocycles. The van der Waals surface area contributed by atoms with Crippen LogP contribution >= 0.6 is 22.9 Å². The second-order valence-electron chi connectivity index (χ2n) is 4.08. The average Bonchev–Trinajstić information content (AvgIpc) is 2.90. The number of benzene rings is 1. The van der Waals surface area contributed by atoms with Gasteiger partial charge in [-0.25, -0.2) is 0 Å². The quantitative estimate of drug-likeness (QED) is 0.394. The van der Waals surface area contributed by atoms with Gasteiger partial charge in [0.2, 0.25) is 0 Å². The smallest absolute Gasteiger partial charge is 0.172 e. The van der Waals surface area contributed by atoms with Crippen molar-refractivity contribution in [1.82, 2.24) is 0 Å². The van der Waals surface area contributed by atoms with E-state index in [1.807, 2.05) is 29.5 Å². The molecule has 0 fully saturated rings. The first-order chi connectivity index (χ1) is 9.11. The van der Waals surface area contributed by atoms with Crippen LogP contribution in [-0.2, 0) is 6.54 Å². The summed E-state index contributed by atoms with van der Waals surface area (Å²) in [4.78, 5) is 3.25. The molecule has 6 heteroatoms. The van der Waals surface area contributed by atoms with E-state index < -0.39 is 0 Å². The van der Waals surface area contributed by atoms with Gasteiger partial charge in [0.1, 0.15) is 0 Å². The zero-order valence-corrected chi connectivity index (χ0v) is 11.9. The van der Waals surface area contributed by atoms with Gasteiger partial charge in [0.25, 0.3) is 0 Å². The number of rotatable bonds is 4. The highest BCUT2D eigenvalue weighted by Gasteiger charge is 2.12. The Morgan fingerprint density at radius 2 is 2.26 bits per heavy atom. The fraction of sp³-hybridized carbons (Fsp3) is 0.154. The van der Waals surface area contributed by atoms with Crippen LogP contribution in [0.4, 0.5) is 5.69 Å². The number of thiophene rings is 1. The fourth-order valence-corrected chi connectivity index (χ4v) is 2.74. The molecule has 19 heavy (non-hydrogen) atoms. The third-order valence-electron chi connectivity index (χ3n) is 2.73. The van der Waals surface area contributed by atoms with Gasteiger partial charge in [0, 0.05) is 28.2 Å². The summed E-state index contributed by atoms with van der Waals surface area (Å²) in [5.74, 6) is 0.0738. The van der Waals surface area contributed by atoms with E-state index in [4.69, 9.17) is 22.5 Å². The Balaban J connectivity index is 2.34. The maximum atomic E-state index is 8.83. The number of nitrogens with two attached hydrogens (primary N) is 1. The van der Waals surface area contributed by atoms with Crippen LogP contribution in [-0.4, -0.2) is 18.1 Å². The third kappa shape index (κ3) is 3.19. The predicted molar refractivity (Wildman–Crippen MR) is 80.4 cm³/mol. The van der Waals surface area contributed by atoms with Crippen molar-refractivity contribution in [2.45, 2.75) is 6.54 Å². The van der Waals surface area contributed by atoms with Crippen LogP contribution in [0.2, 0.25) is 5.02 Å². The van der Waals surface area contributed by atoms with Crippen LogP contribution in [0.3, 0.4) is 0 Å². The Bertz CT molecular complexity index is 584. The molecule has 0 amide bonds. The van der Waals surface area contributed by atoms with Gasteiger partial charge in [-0.3, -0.25) is 0 Å². The molecular weight excluding hydrogens is 282 g/mol. The summed E-state index contributed by atoms with van der Waals surface area (Å²) in [5.41, 5.74) is 7.18. The van der Waals surface area contributed by atoms with Gasteiger partial charge in [-0.1, -0.05) is 22.8 Å². The molecule has 0 radical (unpaired) electrons. The van der Waals surface area contributed by atoms with E-state index in [1.54, 1.807) is 23.5 Å². The molecule has 1 aromatic heterocycles. The molecule has 0 aliphatic carbocycles. The molecule has 0 unspecified atom stereocenters. The van der Waals surface area contributed by atoms with E-state index in [9.17, 15) is 0 Å². The molecule has 1 heterocycles. The first kappa shape index (κ1) is 13.7. The molecule has 0 saturated carbocycles. The van der Waals surface area contributed by atoms with Gasteiger partial charge in [0.05, 0.1) is 6.54 Å². The summed E-state index contributed by atoms with van der Waals surface area (Å²) in [5, 5.41) is 14.5. The normalized spacial score (nSPS) is 11.6. The summed E-state index contributed by atoms with van der Waals surface area (Å²) >= 11 is 7.71. The highest BCUT2D eigenvalue weighted by Crippen LogP contribution is 2.26. The number of amidine groups is 1. The number of anilines is 1. The summed E-state index contributed by atoms with van der Waals surface area (Å²) in [6, 6.07) is 9.35. The van der Waals surface area contributed by atoms with Crippen molar-refractivity contribution < 1.29 is 5.21 Å². The topological polar surface area (TPSA) is 61.8 Å². The van der Waals surface area contributed by atoms with Gasteiger partial charge < -0.3 is 15.8 Å². The first-order valence-electron chi connectivity index (χ1n) is 5.63. The lowest BCUT2D eigenvalue weighted by Crippen LogP contribution is -2.22. The molecular formula is C13H14ClN3OS. The van der Waals surface area contributed by atoms with Crippen molar-refractivity contribution in [2.75, 3.05) is 11.9 Å². The summed E-state index contributed by atoms with van der Waals surface area (Å²) in [7, 11) is 1.94. The van der Waals surface area contributed by atoms with Crippen molar-refractivity contribution in [3.8, 4) is 0 Å². The minimum Gasteiger partial charge on any atom is -0.409 e. The van der Waals surface area contributed by atoms with E-state index in [0.717, 1.165) is 12.2 Å². The maximum absolute atomic E-state index is 8.83. The maximum Gasteiger partial charge on any atom is 0.172 e. The van der Waals surface area contributed by atoms with E-state index in [2.05, 4.69) is 11.2 Å². The first-order valence-corrected chi connectivity index (χ1v) is 6.88. The number of nitrogens with zero attached hydrogens (tertiary/aromatic N) is 2. The van der Waals surface area contributed by atoms with Crippen molar-refractivity contribution in [1.29, 1.82) is 0 Å². The van der Waals surface area contributed by atoms with Crippen molar-refractivity contribution in [3.63, 3.8) is 0 Å². The molecule has 0 bridgehead atoms. The molecule has 4 nitrogen and oxygen atoms in total.